The number of allylic oxidation sites excluding steroid dienone is 2. The lowest BCUT2D eigenvalue weighted by molar-refractivity contribution is -0.674. The Morgan fingerprint density at radius 2 is 1.86 bits per heavy atom. The minimum Gasteiger partial charge on any atom is -0.398 e. The summed E-state index contributed by atoms with van der Waals surface area (Å²) in [6.07, 6.45) is 9.06. The SMILES string of the molecule is CC[n+]1c(/C=C2/C=C(CC3Sc4ccccc4N3CS(=O)(=O)O)CC(C)(C)C2)oc2ccc(-n3ccc4ccccc43)cc21. The van der Waals surface area contributed by atoms with Crippen molar-refractivity contribution in [2.24, 2.45) is 5.41 Å². The zero-order valence-electron chi connectivity index (χ0n) is 25.1. The van der Waals surface area contributed by atoms with Gasteiger partial charge in [-0.1, -0.05) is 67.6 Å². The highest BCUT2D eigenvalue weighted by Crippen LogP contribution is 2.48. The van der Waals surface area contributed by atoms with Crippen molar-refractivity contribution in [1.82, 2.24) is 4.57 Å². The zero-order valence-corrected chi connectivity index (χ0v) is 26.7. The Morgan fingerprint density at radius 1 is 1.07 bits per heavy atom. The minimum atomic E-state index is -4.18. The summed E-state index contributed by atoms with van der Waals surface area (Å²) < 4.78 is 44.5. The van der Waals surface area contributed by atoms with Crippen molar-refractivity contribution in [1.29, 1.82) is 0 Å². The van der Waals surface area contributed by atoms with Crippen LogP contribution in [-0.4, -0.2) is 28.8 Å². The lowest BCUT2D eigenvalue weighted by atomic mass is 9.74. The van der Waals surface area contributed by atoms with Crippen molar-refractivity contribution in [2.75, 3.05) is 10.8 Å². The Labute approximate surface area is 262 Å². The van der Waals surface area contributed by atoms with E-state index in [9.17, 15) is 13.0 Å². The monoisotopic (exact) mass is 626 g/mol. The van der Waals surface area contributed by atoms with E-state index in [1.165, 1.54) is 22.0 Å². The molecule has 0 radical (unpaired) electrons. The van der Waals surface area contributed by atoms with Crippen molar-refractivity contribution in [3.05, 3.63) is 102 Å². The average Bonchev–Trinajstić information content (AvgIpc) is 3.64. The van der Waals surface area contributed by atoms with Gasteiger partial charge in [0, 0.05) is 17.2 Å². The van der Waals surface area contributed by atoms with Crippen LogP contribution < -0.4 is 9.47 Å². The number of benzene rings is 3. The van der Waals surface area contributed by atoms with E-state index in [-0.39, 0.29) is 10.8 Å². The predicted molar refractivity (Wildman–Crippen MR) is 178 cm³/mol. The molecule has 44 heavy (non-hydrogen) atoms. The second-order valence-corrected chi connectivity index (χ2v) is 15.2. The van der Waals surface area contributed by atoms with Gasteiger partial charge in [0.1, 0.15) is 12.4 Å². The first kappa shape index (κ1) is 29.0. The standard InChI is InChI=1S/C35H35N3O4S2/c1-4-36-30-20-27(37-16-15-26-9-5-6-10-28(26)37)13-14-31(30)42-33(36)18-24-17-25(22-35(2,3)21-24)19-34-38(23-44(39,40)41)29-11-7-8-12-32(29)43-34/h5-18,20,34H,4,19,21-23H2,1-3H3/p+1/b24-18-. The van der Waals surface area contributed by atoms with Gasteiger partial charge in [-0.25, -0.2) is 0 Å². The third kappa shape index (κ3) is 5.60. The first-order valence-corrected chi connectivity index (χ1v) is 17.5. The van der Waals surface area contributed by atoms with E-state index in [0.717, 1.165) is 52.6 Å². The minimum absolute atomic E-state index is 0.0334. The first-order valence-electron chi connectivity index (χ1n) is 15.0. The molecule has 5 aromatic rings. The number of aryl methyl sites for hydroxylation is 1. The van der Waals surface area contributed by atoms with E-state index >= 15 is 0 Å². The van der Waals surface area contributed by atoms with Crippen LogP contribution in [-0.2, 0) is 16.7 Å². The molecule has 0 bridgehead atoms. The Bertz CT molecular complexity index is 2070. The maximum absolute atomic E-state index is 11.9. The molecule has 1 aliphatic heterocycles. The van der Waals surface area contributed by atoms with Crippen LogP contribution in [0, 0.1) is 5.41 Å². The molecule has 226 valence electrons. The Kier molecular flexibility index (Phi) is 7.22. The Hall–Kier alpha value is -3.79. The van der Waals surface area contributed by atoms with Crippen molar-refractivity contribution in [3.8, 4) is 5.69 Å². The third-order valence-electron chi connectivity index (χ3n) is 8.52. The summed E-state index contributed by atoms with van der Waals surface area (Å²) in [5.74, 6) is 0.396. The summed E-state index contributed by atoms with van der Waals surface area (Å²) in [6, 6.07) is 24.7. The van der Waals surface area contributed by atoms with E-state index < -0.39 is 16.0 Å². The number of aromatic nitrogens is 2. The highest BCUT2D eigenvalue weighted by Gasteiger charge is 2.35. The van der Waals surface area contributed by atoms with Gasteiger partial charge >= 0.3 is 5.89 Å². The summed E-state index contributed by atoms with van der Waals surface area (Å²) in [7, 11) is -4.18. The zero-order chi connectivity index (χ0) is 30.6. The highest BCUT2D eigenvalue weighted by atomic mass is 32.2. The largest absolute Gasteiger partial charge is 0.398 e. The molecule has 0 fully saturated rings. The second kappa shape index (κ2) is 11.0. The molecular formula is C35H36N3O4S2+. The van der Waals surface area contributed by atoms with Gasteiger partial charge in [-0.3, -0.25) is 4.55 Å². The van der Waals surface area contributed by atoms with Crippen molar-refractivity contribution in [3.63, 3.8) is 0 Å². The van der Waals surface area contributed by atoms with Gasteiger partial charge in [0.05, 0.1) is 28.3 Å². The van der Waals surface area contributed by atoms with Gasteiger partial charge in [0.2, 0.25) is 5.58 Å². The number of hydrogen-bond donors (Lipinski definition) is 1. The number of anilines is 1. The molecule has 0 saturated heterocycles. The molecule has 1 N–H and O–H groups in total. The molecule has 0 spiro atoms. The fourth-order valence-corrected chi connectivity index (χ4v) is 8.96. The van der Waals surface area contributed by atoms with Crippen molar-refractivity contribution >= 4 is 55.6 Å². The number of para-hydroxylation sites is 2. The van der Waals surface area contributed by atoms with Crippen LogP contribution in [0.3, 0.4) is 0 Å². The van der Waals surface area contributed by atoms with Crippen molar-refractivity contribution < 1.29 is 22.0 Å². The lowest BCUT2D eigenvalue weighted by Crippen LogP contribution is -2.35. The van der Waals surface area contributed by atoms with E-state index in [4.69, 9.17) is 4.42 Å². The van der Waals surface area contributed by atoms with Crippen LogP contribution >= 0.6 is 11.8 Å². The number of oxazole rings is 1. The normalized spacial score (nSPS) is 19.2. The fraction of sp³-hybridized carbons (Fsp3) is 0.286. The maximum atomic E-state index is 11.9. The fourth-order valence-electron chi connectivity index (χ4n) is 6.82. The van der Waals surface area contributed by atoms with Crippen LogP contribution in [0.5, 0.6) is 0 Å². The maximum Gasteiger partial charge on any atom is 0.374 e. The smallest absolute Gasteiger partial charge is 0.374 e. The molecule has 1 unspecified atom stereocenters. The topological polar surface area (TPSA) is 79.6 Å². The first-order chi connectivity index (χ1) is 21.1. The second-order valence-electron chi connectivity index (χ2n) is 12.5. The van der Waals surface area contributed by atoms with Gasteiger partial charge in [-0.05, 0) is 79.0 Å². The molecule has 2 aliphatic rings. The molecule has 1 aliphatic carbocycles. The number of fused-ring (bicyclic) bond motifs is 3. The summed E-state index contributed by atoms with van der Waals surface area (Å²) in [5, 5.41) is 1.09. The van der Waals surface area contributed by atoms with Gasteiger partial charge < -0.3 is 13.9 Å². The Morgan fingerprint density at radius 3 is 2.68 bits per heavy atom. The van der Waals surface area contributed by atoms with Crippen LogP contribution in [0.2, 0.25) is 0 Å². The number of hydrogen-bond acceptors (Lipinski definition) is 5. The molecule has 0 saturated carbocycles. The molecule has 0 amide bonds. The quantitative estimate of drug-likeness (QED) is 0.146. The van der Waals surface area contributed by atoms with E-state index in [2.05, 4.69) is 96.8 Å². The summed E-state index contributed by atoms with van der Waals surface area (Å²) in [4.78, 5) is 2.85. The molecular weight excluding hydrogens is 591 g/mol. The molecule has 3 aromatic carbocycles. The van der Waals surface area contributed by atoms with Crippen molar-refractivity contribution in [2.45, 2.75) is 56.8 Å². The summed E-state index contributed by atoms with van der Waals surface area (Å²) in [6.45, 7) is 7.46. The van der Waals surface area contributed by atoms with Gasteiger partial charge in [0.25, 0.3) is 15.6 Å². The lowest BCUT2D eigenvalue weighted by Gasteiger charge is -2.33. The average molecular weight is 627 g/mol. The van der Waals surface area contributed by atoms with Gasteiger partial charge in [-0.15, -0.1) is 0 Å². The van der Waals surface area contributed by atoms with Crippen LogP contribution in [0.4, 0.5) is 5.69 Å². The molecule has 7 nitrogen and oxygen atoms in total. The van der Waals surface area contributed by atoms with Gasteiger partial charge in [-0.2, -0.15) is 13.0 Å². The van der Waals surface area contributed by atoms with Crippen LogP contribution in [0.25, 0.3) is 33.8 Å². The molecule has 9 heteroatoms. The van der Waals surface area contributed by atoms with E-state index in [1.54, 1.807) is 11.8 Å². The molecule has 3 heterocycles. The number of nitrogens with zero attached hydrogens (tertiary/aromatic N) is 3. The number of thioether (sulfide) groups is 1. The predicted octanol–water partition coefficient (Wildman–Crippen LogP) is 7.99. The highest BCUT2D eigenvalue weighted by molar-refractivity contribution is 8.00. The van der Waals surface area contributed by atoms with E-state index in [1.807, 2.05) is 29.2 Å². The summed E-state index contributed by atoms with van der Waals surface area (Å²) in [5.41, 5.74) is 7.49. The Balaban J connectivity index is 1.22. The molecule has 7 rings (SSSR count). The van der Waals surface area contributed by atoms with E-state index in [0.29, 0.717) is 6.42 Å². The molecule has 2 aromatic heterocycles. The van der Waals surface area contributed by atoms with Crippen LogP contribution in [0.15, 0.2) is 106 Å². The third-order valence-corrected chi connectivity index (χ3v) is 10.4. The number of rotatable bonds is 7. The van der Waals surface area contributed by atoms with Gasteiger partial charge in [0.15, 0.2) is 0 Å². The molecule has 1 atom stereocenters. The van der Waals surface area contributed by atoms with Crippen LogP contribution in [0.1, 0.15) is 45.9 Å². The summed E-state index contributed by atoms with van der Waals surface area (Å²) >= 11 is 1.66.